The molecule has 1 aromatic carbocycles. The van der Waals surface area contributed by atoms with Gasteiger partial charge in [-0.05, 0) is 24.6 Å². The molecule has 1 aliphatic heterocycles. The normalized spacial score (nSPS) is 14.6. The Hall–Kier alpha value is -1.42. The minimum absolute atomic E-state index is 0.894. The van der Waals surface area contributed by atoms with Crippen LogP contribution in [0.2, 0.25) is 0 Å². The van der Waals surface area contributed by atoms with Crippen LogP contribution in [0.15, 0.2) is 12.1 Å². The predicted octanol–water partition coefficient (Wildman–Crippen LogP) is 1.64. The second kappa shape index (κ2) is 5.07. The zero-order valence-electron chi connectivity index (χ0n) is 9.89. The van der Waals surface area contributed by atoms with Gasteiger partial charge < -0.3 is 20.7 Å². The summed E-state index contributed by atoms with van der Waals surface area (Å²) in [6.07, 6.45) is 0. The van der Waals surface area contributed by atoms with Crippen molar-refractivity contribution in [3.8, 4) is 5.75 Å². The van der Waals surface area contributed by atoms with Crippen LogP contribution < -0.4 is 20.7 Å². The van der Waals surface area contributed by atoms with Gasteiger partial charge in [0.2, 0.25) is 0 Å². The third kappa shape index (κ3) is 2.22. The molecule has 0 atom stereocenters. The molecule has 1 heterocycles. The number of nitrogens with one attached hydrogen (secondary N) is 3. The van der Waals surface area contributed by atoms with E-state index in [-0.39, 0.29) is 0 Å². The van der Waals surface area contributed by atoms with Crippen LogP contribution in [0, 0.1) is 0 Å². The summed E-state index contributed by atoms with van der Waals surface area (Å²) in [5.41, 5.74) is 3.51. The van der Waals surface area contributed by atoms with Crippen LogP contribution in [0.3, 0.4) is 0 Å². The standard InChI is InChI=1S/C12H19N3O/c1-3-14-11-7-10-9(6-12(11)16-2)8-13-4-5-15-10/h6-7,13-15H,3-5,8H2,1-2H3. The number of fused-ring (bicyclic) bond motifs is 1. The molecule has 1 aromatic rings. The third-order valence-electron chi connectivity index (χ3n) is 2.73. The lowest BCUT2D eigenvalue weighted by atomic mass is 10.1. The first kappa shape index (κ1) is 11.1. The fraction of sp³-hybridized carbons (Fsp3) is 0.500. The van der Waals surface area contributed by atoms with Crippen molar-refractivity contribution < 1.29 is 4.74 Å². The van der Waals surface area contributed by atoms with E-state index in [1.807, 2.05) is 0 Å². The monoisotopic (exact) mass is 221 g/mol. The molecule has 4 nitrogen and oxygen atoms in total. The van der Waals surface area contributed by atoms with Crippen LogP contribution in [-0.2, 0) is 6.54 Å². The maximum absolute atomic E-state index is 5.39. The number of ether oxygens (including phenoxy) is 1. The van der Waals surface area contributed by atoms with E-state index in [4.69, 9.17) is 4.74 Å². The number of anilines is 2. The maximum atomic E-state index is 5.39. The smallest absolute Gasteiger partial charge is 0.142 e. The van der Waals surface area contributed by atoms with Gasteiger partial charge in [-0.3, -0.25) is 0 Å². The SMILES string of the molecule is CCNc1cc2c(cc1OC)CNCCN2. The average molecular weight is 221 g/mol. The number of methoxy groups -OCH3 is 1. The summed E-state index contributed by atoms with van der Waals surface area (Å²) in [6.45, 7) is 5.83. The van der Waals surface area contributed by atoms with Crippen LogP contribution in [0.4, 0.5) is 11.4 Å². The Labute approximate surface area is 96.4 Å². The molecule has 3 N–H and O–H groups in total. The van der Waals surface area contributed by atoms with Crippen LogP contribution in [0.1, 0.15) is 12.5 Å². The van der Waals surface area contributed by atoms with Crippen molar-refractivity contribution in [2.45, 2.75) is 13.5 Å². The lowest BCUT2D eigenvalue weighted by Gasteiger charge is -2.15. The zero-order chi connectivity index (χ0) is 11.4. The van der Waals surface area contributed by atoms with Crippen molar-refractivity contribution in [1.82, 2.24) is 5.32 Å². The summed E-state index contributed by atoms with van der Waals surface area (Å²) in [5, 5.41) is 10.1. The van der Waals surface area contributed by atoms with Gasteiger partial charge in [0.05, 0.1) is 12.8 Å². The molecule has 0 fully saturated rings. The Morgan fingerprint density at radius 2 is 2.25 bits per heavy atom. The molecular formula is C12H19N3O. The molecule has 0 aromatic heterocycles. The second-order valence-corrected chi connectivity index (χ2v) is 3.84. The molecule has 0 radical (unpaired) electrons. The van der Waals surface area contributed by atoms with E-state index in [0.717, 1.165) is 37.6 Å². The molecule has 0 spiro atoms. The van der Waals surface area contributed by atoms with Crippen molar-refractivity contribution in [2.75, 3.05) is 37.4 Å². The zero-order valence-corrected chi connectivity index (χ0v) is 9.89. The first-order valence-corrected chi connectivity index (χ1v) is 5.74. The topological polar surface area (TPSA) is 45.3 Å². The molecule has 1 aliphatic rings. The van der Waals surface area contributed by atoms with Gasteiger partial charge in [-0.15, -0.1) is 0 Å². The lowest BCUT2D eigenvalue weighted by Crippen LogP contribution is -2.16. The maximum Gasteiger partial charge on any atom is 0.142 e. The molecular weight excluding hydrogens is 202 g/mol. The minimum atomic E-state index is 0.894. The Morgan fingerprint density at radius 1 is 1.38 bits per heavy atom. The van der Waals surface area contributed by atoms with Crippen LogP contribution in [-0.4, -0.2) is 26.7 Å². The lowest BCUT2D eigenvalue weighted by molar-refractivity contribution is 0.416. The molecule has 16 heavy (non-hydrogen) atoms. The number of hydrogen-bond acceptors (Lipinski definition) is 4. The molecule has 4 heteroatoms. The average Bonchev–Trinajstić information content (AvgIpc) is 2.53. The van der Waals surface area contributed by atoms with Crippen molar-refractivity contribution in [2.24, 2.45) is 0 Å². The summed E-state index contributed by atoms with van der Waals surface area (Å²) in [6, 6.07) is 4.23. The first-order chi connectivity index (χ1) is 7.85. The van der Waals surface area contributed by atoms with E-state index in [1.165, 1.54) is 11.3 Å². The molecule has 0 unspecified atom stereocenters. The summed E-state index contributed by atoms with van der Waals surface area (Å²) in [7, 11) is 1.71. The fourth-order valence-corrected chi connectivity index (χ4v) is 1.94. The number of rotatable bonds is 3. The number of hydrogen-bond donors (Lipinski definition) is 3. The van der Waals surface area contributed by atoms with E-state index in [1.54, 1.807) is 7.11 Å². The molecule has 88 valence electrons. The minimum Gasteiger partial charge on any atom is -0.495 e. The van der Waals surface area contributed by atoms with Crippen LogP contribution in [0.25, 0.3) is 0 Å². The highest BCUT2D eigenvalue weighted by molar-refractivity contribution is 5.68. The van der Waals surface area contributed by atoms with Crippen molar-refractivity contribution in [3.63, 3.8) is 0 Å². The number of benzene rings is 1. The Kier molecular flexibility index (Phi) is 3.51. The van der Waals surface area contributed by atoms with Gasteiger partial charge in [-0.25, -0.2) is 0 Å². The highest BCUT2D eigenvalue weighted by atomic mass is 16.5. The van der Waals surface area contributed by atoms with Gasteiger partial charge >= 0.3 is 0 Å². The predicted molar refractivity (Wildman–Crippen MR) is 67.4 cm³/mol. The Morgan fingerprint density at radius 3 is 3.00 bits per heavy atom. The highest BCUT2D eigenvalue weighted by Gasteiger charge is 2.11. The van der Waals surface area contributed by atoms with E-state index in [0.29, 0.717) is 0 Å². The molecule has 0 bridgehead atoms. The summed E-state index contributed by atoms with van der Waals surface area (Å²) >= 11 is 0. The second-order valence-electron chi connectivity index (χ2n) is 3.84. The molecule has 2 rings (SSSR count). The van der Waals surface area contributed by atoms with Gasteiger partial charge in [0.1, 0.15) is 5.75 Å². The third-order valence-corrected chi connectivity index (χ3v) is 2.73. The van der Waals surface area contributed by atoms with Crippen molar-refractivity contribution >= 4 is 11.4 Å². The van der Waals surface area contributed by atoms with E-state index >= 15 is 0 Å². The van der Waals surface area contributed by atoms with Crippen LogP contribution in [0.5, 0.6) is 5.75 Å². The van der Waals surface area contributed by atoms with Gasteiger partial charge in [0.15, 0.2) is 0 Å². The largest absolute Gasteiger partial charge is 0.495 e. The molecule has 0 amide bonds. The van der Waals surface area contributed by atoms with Gasteiger partial charge in [0.25, 0.3) is 0 Å². The molecule has 0 saturated carbocycles. The van der Waals surface area contributed by atoms with Crippen molar-refractivity contribution in [3.05, 3.63) is 17.7 Å². The summed E-state index contributed by atoms with van der Waals surface area (Å²) < 4.78 is 5.39. The Bertz CT molecular complexity index is 365. The molecule has 0 saturated heterocycles. The van der Waals surface area contributed by atoms with E-state index in [2.05, 4.69) is 35.0 Å². The van der Waals surface area contributed by atoms with Gasteiger partial charge in [-0.2, -0.15) is 0 Å². The Balaban J connectivity index is 2.36. The first-order valence-electron chi connectivity index (χ1n) is 5.74. The summed E-state index contributed by atoms with van der Waals surface area (Å²) in [5.74, 6) is 0.908. The van der Waals surface area contributed by atoms with Crippen molar-refractivity contribution in [1.29, 1.82) is 0 Å². The summed E-state index contributed by atoms with van der Waals surface area (Å²) in [4.78, 5) is 0. The highest BCUT2D eigenvalue weighted by Crippen LogP contribution is 2.31. The van der Waals surface area contributed by atoms with Gasteiger partial charge in [-0.1, -0.05) is 0 Å². The van der Waals surface area contributed by atoms with E-state index in [9.17, 15) is 0 Å². The van der Waals surface area contributed by atoms with E-state index < -0.39 is 0 Å². The molecule has 0 aliphatic carbocycles. The van der Waals surface area contributed by atoms with Crippen LogP contribution >= 0.6 is 0 Å². The van der Waals surface area contributed by atoms with Gasteiger partial charge in [0, 0.05) is 31.9 Å². The quantitative estimate of drug-likeness (QED) is 0.726. The fourth-order valence-electron chi connectivity index (χ4n) is 1.94.